The minimum absolute atomic E-state index is 0.0285. The predicted octanol–water partition coefficient (Wildman–Crippen LogP) is -0.314. The molecular weight excluding hydrogens is 270 g/mol. The van der Waals surface area contributed by atoms with E-state index in [-0.39, 0.29) is 29.4 Å². The Bertz CT molecular complexity index is 646. The molecule has 0 bridgehead atoms. The van der Waals surface area contributed by atoms with Gasteiger partial charge in [-0.1, -0.05) is 12.1 Å². The molecular formula is C11H17N3O4S. The van der Waals surface area contributed by atoms with Crippen LogP contribution in [0.25, 0.3) is 0 Å². The summed E-state index contributed by atoms with van der Waals surface area (Å²) in [4.78, 5) is 12.1. The zero-order valence-electron chi connectivity index (χ0n) is 10.8. The first-order valence-electron chi connectivity index (χ1n) is 5.71. The van der Waals surface area contributed by atoms with E-state index in [2.05, 4.69) is 5.16 Å². The van der Waals surface area contributed by atoms with Crippen LogP contribution in [0, 0.1) is 6.92 Å². The normalized spacial score (nSPS) is 12.6. The van der Waals surface area contributed by atoms with Crippen molar-refractivity contribution >= 4 is 15.7 Å². The highest BCUT2D eigenvalue weighted by molar-refractivity contribution is 7.91. The minimum Gasteiger partial charge on any atom is -0.409 e. The molecule has 0 amide bonds. The van der Waals surface area contributed by atoms with E-state index in [1.54, 1.807) is 19.9 Å². The summed E-state index contributed by atoms with van der Waals surface area (Å²) in [6.45, 7) is 3.29. The second kappa shape index (κ2) is 5.87. The van der Waals surface area contributed by atoms with E-state index in [1.807, 2.05) is 0 Å². The Hall–Kier alpha value is -1.83. The fourth-order valence-electron chi connectivity index (χ4n) is 1.57. The van der Waals surface area contributed by atoms with Crippen molar-refractivity contribution in [3.8, 4) is 0 Å². The summed E-state index contributed by atoms with van der Waals surface area (Å²) in [7, 11) is -3.16. The number of hydrogen-bond acceptors (Lipinski definition) is 5. The number of hydrogen-bond donors (Lipinski definition) is 2. The Kier molecular flexibility index (Phi) is 4.71. The first-order chi connectivity index (χ1) is 8.82. The van der Waals surface area contributed by atoms with Gasteiger partial charge in [0.05, 0.1) is 11.3 Å². The van der Waals surface area contributed by atoms with Crippen LogP contribution < -0.4 is 11.3 Å². The van der Waals surface area contributed by atoms with Gasteiger partial charge >= 0.3 is 0 Å². The topological polar surface area (TPSA) is 115 Å². The van der Waals surface area contributed by atoms with Crippen molar-refractivity contribution in [2.24, 2.45) is 10.9 Å². The Morgan fingerprint density at radius 1 is 1.47 bits per heavy atom. The minimum atomic E-state index is -3.16. The number of nitrogens with zero attached hydrogens (tertiary/aromatic N) is 2. The van der Waals surface area contributed by atoms with Gasteiger partial charge in [0.2, 0.25) is 0 Å². The third-order valence-electron chi connectivity index (χ3n) is 2.84. The van der Waals surface area contributed by atoms with Gasteiger partial charge in [0.25, 0.3) is 5.56 Å². The number of nitrogens with two attached hydrogens (primary N) is 1. The van der Waals surface area contributed by atoms with Gasteiger partial charge in [0, 0.05) is 18.0 Å². The second-order valence-corrected chi connectivity index (χ2v) is 6.54. The number of aromatic nitrogens is 1. The highest BCUT2D eigenvalue weighted by atomic mass is 32.2. The summed E-state index contributed by atoms with van der Waals surface area (Å²) in [6.07, 6.45) is 0. The van der Waals surface area contributed by atoms with Crippen molar-refractivity contribution in [1.82, 2.24) is 4.57 Å². The molecule has 0 unspecified atom stereocenters. The van der Waals surface area contributed by atoms with Gasteiger partial charge in [-0.15, -0.1) is 0 Å². The standard InChI is InChI=1S/C11H17N3O4S/c1-3-19(17,18)7-6-14-8(2)4-5-9(11(14)15)10(12)13-16/h4-5,16H,3,6-7H2,1-2H3,(H2,12,13). The molecule has 1 heterocycles. The Labute approximate surface area is 111 Å². The van der Waals surface area contributed by atoms with Crippen molar-refractivity contribution in [1.29, 1.82) is 0 Å². The SMILES string of the molecule is CCS(=O)(=O)CCn1c(C)ccc(/C(N)=N/O)c1=O. The van der Waals surface area contributed by atoms with Crippen LogP contribution in [0.1, 0.15) is 18.2 Å². The highest BCUT2D eigenvalue weighted by Crippen LogP contribution is 2.00. The fraction of sp³-hybridized carbons (Fsp3) is 0.455. The van der Waals surface area contributed by atoms with Crippen LogP contribution in [-0.2, 0) is 16.4 Å². The molecule has 0 saturated carbocycles. The molecule has 0 atom stereocenters. The third-order valence-corrected chi connectivity index (χ3v) is 4.53. The molecule has 1 rings (SSSR count). The second-order valence-electron chi connectivity index (χ2n) is 4.07. The van der Waals surface area contributed by atoms with Crippen molar-refractivity contribution in [2.75, 3.05) is 11.5 Å². The van der Waals surface area contributed by atoms with Crippen molar-refractivity contribution in [2.45, 2.75) is 20.4 Å². The van der Waals surface area contributed by atoms with Gasteiger partial charge in [-0.3, -0.25) is 4.79 Å². The number of pyridine rings is 1. The molecule has 1 aromatic rings. The fourth-order valence-corrected chi connectivity index (χ4v) is 2.32. The Balaban J connectivity index is 3.18. The number of sulfone groups is 1. The molecule has 0 aromatic carbocycles. The quantitative estimate of drug-likeness (QED) is 0.333. The largest absolute Gasteiger partial charge is 0.409 e. The molecule has 8 heteroatoms. The smallest absolute Gasteiger partial charge is 0.261 e. The van der Waals surface area contributed by atoms with E-state index < -0.39 is 15.4 Å². The van der Waals surface area contributed by atoms with Gasteiger partial charge in [-0.25, -0.2) is 8.42 Å². The van der Waals surface area contributed by atoms with Crippen LogP contribution in [0.4, 0.5) is 0 Å². The van der Waals surface area contributed by atoms with Crippen LogP contribution in [0.15, 0.2) is 22.1 Å². The van der Waals surface area contributed by atoms with Crippen LogP contribution >= 0.6 is 0 Å². The van der Waals surface area contributed by atoms with Crippen LogP contribution in [0.2, 0.25) is 0 Å². The van der Waals surface area contributed by atoms with Crippen LogP contribution in [-0.4, -0.2) is 35.5 Å². The molecule has 0 fully saturated rings. The molecule has 3 N–H and O–H groups in total. The van der Waals surface area contributed by atoms with E-state index in [4.69, 9.17) is 10.9 Å². The lowest BCUT2D eigenvalue weighted by atomic mass is 10.2. The third kappa shape index (κ3) is 3.57. The monoisotopic (exact) mass is 287 g/mol. The number of amidine groups is 1. The van der Waals surface area contributed by atoms with Gasteiger partial charge in [0.1, 0.15) is 0 Å². The summed E-state index contributed by atoms with van der Waals surface area (Å²) in [6, 6.07) is 3.06. The molecule has 7 nitrogen and oxygen atoms in total. The zero-order chi connectivity index (χ0) is 14.6. The molecule has 106 valence electrons. The van der Waals surface area contributed by atoms with E-state index in [0.29, 0.717) is 5.69 Å². The average Bonchev–Trinajstić information content (AvgIpc) is 2.37. The summed E-state index contributed by atoms with van der Waals surface area (Å²) < 4.78 is 24.2. The summed E-state index contributed by atoms with van der Waals surface area (Å²) >= 11 is 0. The zero-order valence-corrected chi connectivity index (χ0v) is 11.6. The molecule has 0 saturated heterocycles. The molecule has 1 aromatic heterocycles. The van der Waals surface area contributed by atoms with E-state index in [1.165, 1.54) is 10.6 Å². The molecule has 0 aliphatic carbocycles. The number of rotatable bonds is 5. The van der Waals surface area contributed by atoms with Crippen molar-refractivity contribution in [3.05, 3.63) is 33.7 Å². The lowest BCUT2D eigenvalue weighted by molar-refractivity contribution is 0.318. The van der Waals surface area contributed by atoms with Gasteiger partial charge < -0.3 is 15.5 Å². The van der Waals surface area contributed by atoms with Gasteiger partial charge in [-0.05, 0) is 19.1 Å². The van der Waals surface area contributed by atoms with E-state index in [0.717, 1.165) is 0 Å². The Morgan fingerprint density at radius 2 is 2.11 bits per heavy atom. The maximum Gasteiger partial charge on any atom is 0.261 e. The molecule has 0 aliphatic rings. The maximum atomic E-state index is 12.1. The molecule has 0 radical (unpaired) electrons. The van der Waals surface area contributed by atoms with Crippen molar-refractivity contribution in [3.63, 3.8) is 0 Å². The summed E-state index contributed by atoms with van der Waals surface area (Å²) in [5.74, 6) is -0.387. The predicted molar refractivity (Wildman–Crippen MR) is 72.3 cm³/mol. The van der Waals surface area contributed by atoms with E-state index >= 15 is 0 Å². The summed E-state index contributed by atoms with van der Waals surface area (Å²) in [5.41, 5.74) is 5.58. The van der Waals surface area contributed by atoms with Gasteiger partial charge in [0.15, 0.2) is 15.7 Å². The number of oxime groups is 1. The van der Waals surface area contributed by atoms with Crippen LogP contribution in [0.3, 0.4) is 0 Å². The summed E-state index contributed by atoms with van der Waals surface area (Å²) in [5, 5.41) is 11.4. The lowest BCUT2D eigenvalue weighted by Gasteiger charge is -2.11. The Morgan fingerprint density at radius 3 is 2.63 bits per heavy atom. The van der Waals surface area contributed by atoms with E-state index in [9.17, 15) is 13.2 Å². The number of aryl methyl sites for hydroxylation is 1. The van der Waals surface area contributed by atoms with Crippen molar-refractivity contribution < 1.29 is 13.6 Å². The lowest BCUT2D eigenvalue weighted by Crippen LogP contribution is -2.33. The van der Waals surface area contributed by atoms with Gasteiger partial charge in [-0.2, -0.15) is 0 Å². The first kappa shape index (κ1) is 15.2. The highest BCUT2D eigenvalue weighted by Gasteiger charge is 2.13. The average molecular weight is 287 g/mol. The maximum absolute atomic E-state index is 12.1. The molecule has 19 heavy (non-hydrogen) atoms. The molecule has 0 spiro atoms. The van der Waals surface area contributed by atoms with Crippen LogP contribution in [0.5, 0.6) is 0 Å². The molecule has 0 aliphatic heterocycles. The first-order valence-corrected chi connectivity index (χ1v) is 7.53.